The molecule has 0 radical (unpaired) electrons. The highest BCUT2D eigenvalue weighted by molar-refractivity contribution is 7.17. The summed E-state index contributed by atoms with van der Waals surface area (Å²) in [5.41, 5.74) is 12.2. The Labute approximate surface area is 158 Å². The van der Waals surface area contributed by atoms with Gasteiger partial charge in [0.2, 0.25) is 0 Å². The van der Waals surface area contributed by atoms with Gasteiger partial charge >= 0.3 is 5.97 Å². The number of anilines is 2. The number of benzene rings is 1. The molecule has 2 amide bonds. The Hall–Kier alpha value is -2.94. The molecule has 0 saturated heterocycles. The number of aryl methyl sites for hydroxylation is 1. The zero-order chi connectivity index (χ0) is 19.6. The van der Waals surface area contributed by atoms with Gasteiger partial charge in [-0.25, -0.2) is 9.18 Å². The van der Waals surface area contributed by atoms with Gasteiger partial charge in [0, 0.05) is 10.6 Å². The predicted molar refractivity (Wildman–Crippen MR) is 99.2 cm³/mol. The van der Waals surface area contributed by atoms with Crippen LogP contribution in [0.4, 0.5) is 15.1 Å². The number of hydrogen-bond acceptors (Lipinski definition) is 6. The zero-order valence-electron chi connectivity index (χ0n) is 14.3. The Balaban J connectivity index is 1.67. The van der Waals surface area contributed by atoms with E-state index in [0.717, 1.165) is 48.3 Å². The van der Waals surface area contributed by atoms with Crippen LogP contribution in [0.25, 0.3) is 0 Å². The van der Waals surface area contributed by atoms with Gasteiger partial charge in [0.15, 0.2) is 6.61 Å². The van der Waals surface area contributed by atoms with Gasteiger partial charge in [-0.2, -0.15) is 0 Å². The SMILES string of the molecule is NC(=O)c1c(NC(=O)COC(=O)c2ccc(F)cc2N)sc2c1CCCC2. The highest BCUT2D eigenvalue weighted by Gasteiger charge is 2.25. The fourth-order valence-electron chi connectivity index (χ4n) is 3.01. The number of carbonyl (C=O) groups is 3. The van der Waals surface area contributed by atoms with Crippen LogP contribution in [-0.2, 0) is 22.4 Å². The number of rotatable bonds is 5. The van der Waals surface area contributed by atoms with Crippen LogP contribution in [0.1, 0.15) is 44.0 Å². The summed E-state index contributed by atoms with van der Waals surface area (Å²) < 4.78 is 18.0. The first-order valence-corrected chi connectivity index (χ1v) is 9.14. The highest BCUT2D eigenvalue weighted by Crippen LogP contribution is 2.37. The second-order valence-electron chi connectivity index (χ2n) is 6.14. The lowest BCUT2D eigenvalue weighted by Crippen LogP contribution is -2.23. The minimum Gasteiger partial charge on any atom is -0.452 e. The van der Waals surface area contributed by atoms with E-state index in [9.17, 15) is 18.8 Å². The van der Waals surface area contributed by atoms with Crippen molar-refractivity contribution in [3.63, 3.8) is 0 Å². The second-order valence-corrected chi connectivity index (χ2v) is 7.24. The molecular weight excluding hydrogens is 373 g/mol. The number of fused-ring (bicyclic) bond motifs is 1. The van der Waals surface area contributed by atoms with Crippen LogP contribution >= 0.6 is 11.3 Å². The quantitative estimate of drug-likeness (QED) is 0.533. The van der Waals surface area contributed by atoms with Crippen LogP contribution in [-0.4, -0.2) is 24.4 Å². The van der Waals surface area contributed by atoms with Gasteiger partial charge in [-0.1, -0.05) is 0 Å². The maximum atomic E-state index is 13.0. The number of amides is 2. The number of ether oxygens (including phenoxy) is 1. The summed E-state index contributed by atoms with van der Waals surface area (Å²) in [7, 11) is 0. The summed E-state index contributed by atoms with van der Waals surface area (Å²) in [6, 6.07) is 3.25. The smallest absolute Gasteiger partial charge is 0.340 e. The summed E-state index contributed by atoms with van der Waals surface area (Å²) in [5, 5.41) is 2.96. The normalized spacial score (nSPS) is 12.9. The molecule has 0 spiro atoms. The number of nitrogens with one attached hydrogen (secondary N) is 1. The fourth-order valence-corrected chi connectivity index (χ4v) is 4.32. The van der Waals surface area contributed by atoms with E-state index in [1.165, 1.54) is 17.4 Å². The van der Waals surface area contributed by atoms with Crippen molar-refractivity contribution in [3.05, 3.63) is 45.6 Å². The van der Waals surface area contributed by atoms with Crippen molar-refractivity contribution >= 4 is 39.8 Å². The van der Waals surface area contributed by atoms with Crippen LogP contribution in [0.3, 0.4) is 0 Å². The monoisotopic (exact) mass is 391 g/mol. The number of carbonyl (C=O) groups excluding carboxylic acids is 3. The van der Waals surface area contributed by atoms with Gasteiger partial charge in [0.05, 0.1) is 11.1 Å². The molecule has 5 N–H and O–H groups in total. The van der Waals surface area contributed by atoms with E-state index in [4.69, 9.17) is 16.2 Å². The van der Waals surface area contributed by atoms with E-state index < -0.39 is 30.2 Å². The molecule has 0 saturated carbocycles. The number of nitrogens with two attached hydrogens (primary N) is 2. The summed E-state index contributed by atoms with van der Waals surface area (Å²) in [4.78, 5) is 37.0. The van der Waals surface area contributed by atoms with Gasteiger partial charge in [-0.15, -0.1) is 11.3 Å². The first kappa shape index (κ1) is 18.8. The molecular formula is C18H18FN3O4S. The summed E-state index contributed by atoms with van der Waals surface area (Å²) in [6.45, 7) is -0.573. The lowest BCUT2D eigenvalue weighted by molar-refractivity contribution is -0.119. The topological polar surface area (TPSA) is 125 Å². The fraction of sp³-hybridized carbons (Fsp3) is 0.278. The molecule has 7 nitrogen and oxygen atoms in total. The third-order valence-electron chi connectivity index (χ3n) is 4.24. The number of thiophene rings is 1. The number of esters is 1. The minimum absolute atomic E-state index is 0.0337. The zero-order valence-corrected chi connectivity index (χ0v) is 15.2. The van der Waals surface area contributed by atoms with Crippen molar-refractivity contribution in [1.29, 1.82) is 0 Å². The average Bonchev–Trinajstić information content (AvgIpc) is 2.97. The molecule has 0 unspecified atom stereocenters. The molecule has 1 aliphatic rings. The van der Waals surface area contributed by atoms with Crippen LogP contribution in [0.5, 0.6) is 0 Å². The lowest BCUT2D eigenvalue weighted by atomic mass is 9.95. The molecule has 0 atom stereocenters. The molecule has 3 rings (SSSR count). The minimum atomic E-state index is -0.844. The van der Waals surface area contributed by atoms with E-state index in [0.29, 0.717) is 10.6 Å². The molecule has 0 bridgehead atoms. The number of nitrogen functional groups attached to an aromatic ring is 1. The van der Waals surface area contributed by atoms with Crippen LogP contribution in [0.2, 0.25) is 0 Å². The van der Waals surface area contributed by atoms with E-state index >= 15 is 0 Å². The lowest BCUT2D eigenvalue weighted by Gasteiger charge is -2.11. The van der Waals surface area contributed by atoms with Gasteiger partial charge in [-0.3, -0.25) is 9.59 Å². The first-order chi connectivity index (χ1) is 12.9. The Morgan fingerprint density at radius 1 is 1.22 bits per heavy atom. The van der Waals surface area contributed by atoms with Crippen LogP contribution < -0.4 is 16.8 Å². The molecule has 1 heterocycles. The predicted octanol–water partition coefficient (Wildman–Crippen LogP) is 2.24. The van der Waals surface area contributed by atoms with Crippen molar-refractivity contribution < 1.29 is 23.5 Å². The van der Waals surface area contributed by atoms with Gasteiger partial charge in [-0.05, 0) is 49.4 Å². The summed E-state index contributed by atoms with van der Waals surface area (Å²) in [6.07, 6.45) is 3.58. The number of hydrogen-bond donors (Lipinski definition) is 3. The van der Waals surface area contributed by atoms with Crippen LogP contribution in [0, 0.1) is 5.82 Å². The van der Waals surface area contributed by atoms with E-state index in [1.54, 1.807) is 0 Å². The highest BCUT2D eigenvalue weighted by atomic mass is 32.1. The van der Waals surface area contributed by atoms with Crippen molar-refractivity contribution in [3.8, 4) is 0 Å². The molecule has 1 aromatic heterocycles. The van der Waals surface area contributed by atoms with Crippen LogP contribution in [0.15, 0.2) is 18.2 Å². The largest absolute Gasteiger partial charge is 0.452 e. The molecule has 27 heavy (non-hydrogen) atoms. The van der Waals surface area contributed by atoms with Gasteiger partial charge < -0.3 is 21.5 Å². The number of primary amides is 1. The average molecular weight is 391 g/mol. The third-order valence-corrected chi connectivity index (χ3v) is 5.45. The van der Waals surface area contributed by atoms with E-state index in [1.807, 2.05) is 0 Å². The Bertz CT molecular complexity index is 926. The van der Waals surface area contributed by atoms with E-state index in [-0.39, 0.29) is 11.3 Å². The molecule has 9 heteroatoms. The Morgan fingerprint density at radius 3 is 2.67 bits per heavy atom. The maximum absolute atomic E-state index is 13.0. The molecule has 0 aliphatic heterocycles. The third kappa shape index (κ3) is 4.08. The summed E-state index contributed by atoms with van der Waals surface area (Å²) in [5.74, 6) is -2.63. The maximum Gasteiger partial charge on any atom is 0.340 e. The Kier molecular flexibility index (Phi) is 5.41. The molecule has 142 valence electrons. The Morgan fingerprint density at radius 2 is 1.96 bits per heavy atom. The van der Waals surface area contributed by atoms with Gasteiger partial charge in [0.25, 0.3) is 11.8 Å². The van der Waals surface area contributed by atoms with Gasteiger partial charge in [0.1, 0.15) is 10.8 Å². The molecule has 1 aromatic carbocycles. The van der Waals surface area contributed by atoms with Crippen molar-refractivity contribution in [1.82, 2.24) is 0 Å². The van der Waals surface area contributed by atoms with Crippen molar-refractivity contribution in [2.45, 2.75) is 25.7 Å². The van der Waals surface area contributed by atoms with E-state index in [2.05, 4.69) is 5.32 Å². The molecule has 2 aromatic rings. The first-order valence-electron chi connectivity index (χ1n) is 8.33. The summed E-state index contributed by atoms with van der Waals surface area (Å²) >= 11 is 1.32. The second kappa shape index (κ2) is 7.75. The molecule has 1 aliphatic carbocycles. The number of halogens is 1. The van der Waals surface area contributed by atoms with Crippen molar-refractivity contribution in [2.75, 3.05) is 17.7 Å². The standard InChI is InChI=1S/C18H18FN3O4S/c19-9-5-6-10(12(20)7-9)18(25)26-8-14(23)22-17-15(16(21)24)11-3-1-2-4-13(11)27-17/h5-7H,1-4,8,20H2,(H2,21,24)(H,22,23). The van der Waals surface area contributed by atoms with Crippen molar-refractivity contribution in [2.24, 2.45) is 5.73 Å². The molecule has 0 fully saturated rings.